The molecule has 0 aliphatic rings. The van der Waals surface area contributed by atoms with Crippen molar-refractivity contribution in [3.05, 3.63) is 34.9 Å². The van der Waals surface area contributed by atoms with Gasteiger partial charge in [0.05, 0.1) is 16.5 Å². The molecule has 1 amide bonds. The molecule has 2 rings (SSSR count). The summed E-state index contributed by atoms with van der Waals surface area (Å²) in [4.78, 5) is 11.7. The number of carbonyl (C=O) groups excluding carboxylic acids is 1. The summed E-state index contributed by atoms with van der Waals surface area (Å²) < 4.78 is 17.9. The lowest BCUT2D eigenvalue weighted by Gasteiger charge is -2.05. The van der Waals surface area contributed by atoms with Crippen LogP contribution in [-0.4, -0.2) is 21.9 Å². The first-order valence-electron chi connectivity index (χ1n) is 5.22. The number of halogens is 2. The van der Waals surface area contributed by atoms with Gasteiger partial charge >= 0.3 is 0 Å². The molecule has 0 spiro atoms. The fourth-order valence-corrected chi connectivity index (χ4v) is 2.06. The second-order valence-corrected chi connectivity index (χ2v) is 4.88. The zero-order valence-corrected chi connectivity index (χ0v) is 11.4. The predicted octanol–water partition coefficient (Wildman–Crippen LogP) is 2.90. The minimum absolute atomic E-state index is 0.0926. The molecule has 1 heterocycles. The molecule has 100 valence electrons. The maximum Gasteiger partial charge on any atom is 0.277 e. The summed E-state index contributed by atoms with van der Waals surface area (Å²) in [5.41, 5.74) is 0.357. The number of aryl methyl sites for hydroxylation is 1. The van der Waals surface area contributed by atoms with E-state index in [1.54, 1.807) is 6.92 Å². The highest BCUT2D eigenvalue weighted by atomic mass is 35.5. The van der Waals surface area contributed by atoms with Crippen molar-refractivity contribution >= 4 is 35.0 Å². The highest BCUT2D eigenvalue weighted by Gasteiger charge is 2.10. The van der Waals surface area contributed by atoms with Gasteiger partial charge in [-0.05, 0) is 18.2 Å². The average molecular weight is 302 g/mol. The molecule has 0 bridgehead atoms. The van der Waals surface area contributed by atoms with Crippen LogP contribution >= 0.6 is 23.4 Å². The smallest absolute Gasteiger partial charge is 0.277 e. The van der Waals surface area contributed by atoms with E-state index in [0.717, 1.165) is 17.8 Å². The van der Waals surface area contributed by atoms with Gasteiger partial charge in [0.2, 0.25) is 11.8 Å². The second kappa shape index (κ2) is 6.03. The standard InChI is InChI=1S/C11H9ClFN3O2S/c1-6-15-16-11(18-6)19-5-10(17)14-9-3-2-7(13)4-8(9)12/h2-4H,5H2,1H3,(H,14,17). The fraction of sp³-hybridized carbons (Fsp3) is 0.182. The van der Waals surface area contributed by atoms with Crippen LogP contribution < -0.4 is 5.32 Å². The largest absolute Gasteiger partial charge is 0.416 e. The monoisotopic (exact) mass is 301 g/mol. The maximum absolute atomic E-state index is 12.8. The van der Waals surface area contributed by atoms with E-state index in [-0.39, 0.29) is 16.7 Å². The SMILES string of the molecule is Cc1nnc(SCC(=O)Nc2ccc(F)cc2Cl)o1. The Morgan fingerprint density at radius 2 is 2.32 bits per heavy atom. The van der Waals surface area contributed by atoms with Crippen LogP contribution in [0.25, 0.3) is 0 Å². The van der Waals surface area contributed by atoms with Gasteiger partial charge in [0.1, 0.15) is 5.82 Å². The molecule has 1 aromatic heterocycles. The van der Waals surface area contributed by atoms with Gasteiger partial charge < -0.3 is 9.73 Å². The van der Waals surface area contributed by atoms with Crippen LogP contribution in [0.3, 0.4) is 0 Å². The summed E-state index contributed by atoms with van der Waals surface area (Å²) in [5.74, 6) is -0.229. The van der Waals surface area contributed by atoms with E-state index in [1.807, 2.05) is 0 Å². The van der Waals surface area contributed by atoms with Crippen LogP contribution in [0.5, 0.6) is 0 Å². The van der Waals surface area contributed by atoms with Gasteiger partial charge in [-0.3, -0.25) is 4.79 Å². The molecule has 0 aliphatic heterocycles. The van der Waals surface area contributed by atoms with Crippen molar-refractivity contribution in [2.24, 2.45) is 0 Å². The highest BCUT2D eigenvalue weighted by molar-refractivity contribution is 7.99. The fourth-order valence-electron chi connectivity index (χ4n) is 1.24. The Morgan fingerprint density at radius 3 is 2.95 bits per heavy atom. The third-order valence-electron chi connectivity index (χ3n) is 2.04. The van der Waals surface area contributed by atoms with Crippen LogP contribution in [0.2, 0.25) is 5.02 Å². The molecule has 0 saturated carbocycles. The van der Waals surface area contributed by atoms with E-state index < -0.39 is 5.82 Å². The summed E-state index contributed by atoms with van der Waals surface area (Å²) in [7, 11) is 0. The van der Waals surface area contributed by atoms with E-state index in [2.05, 4.69) is 15.5 Å². The van der Waals surface area contributed by atoms with Crippen molar-refractivity contribution in [1.82, 2.24) is 10.2 Å². The molecule has 5 nitrogen and oxygen atoms in total. The predicted molar refractivity (Wildman–Crippen MR) is 69.8 cm³/mol. The zero-order valence-electron chi connectivity index (χ0n) is 9.81. The summed E-state index contributed by atoms with van der Waals surface area (Å²) in [6, 6.07) is 3.75. The van der Waals surface area contributed by atoms with Crippen LogP contribution in [0.15, 0.2) is 27.8 Å². The van der Waals surface area contributed by atoms with Gasteiger partial charge in [-0.2, -0.15) is 0 Å². The number of rotatable bonds is 4. The second-order valence-electron chi connectivity index (χ2n) is 3.55. The lowest BCUT2D eigenvalue weighted by atomic mass is 10.3. The van der Waals surface area contributed by atoms with Crippen LogP contribution in [0.1, 0.15) is 5.89 Å². The molecule has 2 aromatic rings. The van der Waals surface area contributed by atoms with Crippen LogP contribution in [0.4, 0.5) is 10.1 Å². The Hall–Kier alpha value is -1.60. The first kappa shape index (κ1) is 13.8. The Balaban J connectivity index is 1.90. The number of hydrogen-bond acceptors (Lipinski definition) is 5. The number of amides is 1. The lowest BCUT2D eigenvalue weighted by Crippen LogP contribution is -2.14. The van der Waals surface area contributed by atoms with Gasteiger partial charge in [-0.1, -0.05) is 23.4 Å². The summed E-state index contributed by atoms with van der Waals surface area (Å²) in [6.45, 7) is 1.66. The van der Waals surface area contributed by atoms with E-state index in [1.165, 1.54) is 12.1 Å². The molecule has 8 heteroatoms. The zero-order chi connectivity index (χ0) is 13.8. The third-order valence-corrected chi connectivity index (χ3v) is 3.17. The van der Waals surface area contributed by atoms with Crippen molar-refractivity contribution < 1.29 is 13.6 Å². The first-order chi connectivity index (χ1) is 9.04. The Labute approximate surface area is 117 Å². The van der Waals surface area contributed by atoms with Crippen molar-refractivity contribution in [1.29, 1.82) is 0 Å². The number of carbonyl (C=O) groups is 1. The quantitative estimate of drug-likeness (QED) is 0.879. The van der Waals surface area contributed by atoms with Gasteiger partial charge in [0.25, 0.3) is 5.22 Å². The molecule has 1 aromatic carbocycles. The van der Waals surface area contributed by atoms with Crippen LogP contribution in [-0.2, 0) is 4.79 Å². The Bertz CT molecular complexity index is 605. The molecule has 0 aliphatic carbocycles. The molecular formula is C11H9ClFN3O2S. The molecular weight excluding hydrogens is 293 g/mol. The van der Waals surface area contributed by atoms with Crippen molar-refractivity contribution in [3.63, 3.8) is 0 Å². The van der Waals surface area contributed by atoms with Crippen molar-refractivity contribution in [2.45, 2.75) is 12.1 Å². The molecule has 0 atom stereocenters. The molecule has 1 N–H and O–H groups in total. The minimum Gasteiger partial charge on any atom is -0.416 e. The van der Waals surface area contributed by atoms with E-state index >= 15 is 0 Å². The topological polar surface area (TPSA) is 68.0 Å². The normalized spacial score (nSPS) is 10.5. The van der Waals surface area contributed by atoms with Crippen molar-refractivity contribution in [2.75, 3.05) is 11.1 Å². The van der Waals surface area contributed by atoms with Gasteiger partial charge in [-0.15, -0.1) is 10.2 Å². The lowest BCUT2D eigenvalue weighted by molar-refractivity contribution is -0.113. The number of aromatic nitrogens is 2. The summed E-state index contributed by atoms with van der Waals surface area (Å²) in [6.07, 6.45) is 0. The number of nitrogens with one attached hydrogen (secondary N) is 1. The average Bonchev–Trinajstić information content (AvgIpc) is 2.76. The van der Waals surface area contributed by atoms with Gasteiger partial charge in [0, 0.05) is 6.92 Å². The molecule has 0 radical (unpaired) electrons. The third kappa shape index (κ3) is 3.93. The first-order valence-corrected chi connectivity index (χ1v) is 6.59. The molecule has 0 fully saturated rings. The van der Waals surface area contributed by atoms with E-state index in [0.29, 0.717) is 16.8 Å². The molecule has 0 unspecified atom stereocenters. The van der Waals surface area contributed by atoms with Gasteiger partial charge in [-0.25, -0.2) is 4.39 Å². The van der Waals surface area contributed by atoms with Gasteiger partial charge in [0.15, 0.2) is 0 Å². The maximum atomic E-state index is 12.8. The van der Waals surface area contributed by atoms with E-state index in [9.17, 15) is 9.18 Å². The van der Waals surface area contributed by atoms with Crippen LogP contribution in [0, 0.1) is 12.7 Å². The number of benzene rings is 1. The number of nitrogens with zero attached hydrogens (tertiary/aromatic N) is 2. The Kier molecular flexibility index (Phi) is 4.39. The van der Waals surface area contributed by atoms with Crippen molar-refractivity contribution in [3.8, 4) is 0 Å². The minimum atomic E-state index is -0.460. The molecule has 0 saturated heterocycles. The number of hydrogen-bond donors (Lipinski definition) is 1. The Morgan fingerprint density at radius 1 is 1.53 bits per heavy atom. The molecule has 19 heavy (non-hydrogen) atoms. The van der Waals surface area contributed by atoms with E-state index in [4.69, 9.17) is 16.0 Å². The summed E-state index contributed by atoms with van der Waals surface area (Å²) in [5, 5.41) is 10.4. The number of anilines is 1. The summed E-state index contributed by atoms with van der Waals surface area (Å²) >= 11 is 6.90. The highest BCUT2D eigenvalue weighted by Crippen LogP contribution is 2.23. The number of thioether (sulfide) groups is 1.